The van der Waals surface area contributed by atoms with E-state index < -0.39 is 22.8 Å². The predicted octanol–water partition coefficient (Wildman–Crippen LogP) is -1.34. The molecule has 0 unspecified atom stereocenters. The molecule has 1 saturated carbocycles. The molecule has 18 heavy (non-hydrogen) atoms. The minimum absolute atomic E-state index is 0.104. The zero-order valence-corrected chi connectivity index (χ0v) is 9.60. The van der Waals surface area contributed by atoms with Crippen LogP contribution in [-0.2, 0) is 0 Å². The number of aliphatic hydroxyl groups is 1. The zero-order valence-electron chi connectivity index (χ0n) is 9.60. The topological polar surface area (TPSA) is 106 Å². The smallest absolute Gasteiger partial charge is 0.325 e. The highest BCUT2D eigenvalue weighted by molar-refractivity contribution is 5.94. The molecule has 1 aromatic heterocycles. The number of rotatable bonds is 2. The number of hydrogen-bond acceptors (Lipinski definition) is 4. The van der Waals surface area contributed by atoms with Gasteiger partial charge >= 0.3 is 5.69 Å². The third kappa shape index (κ3) is 1.67. The van der Waals surface area contributed by atoms with Crippen LogP contribution in [0.3, 0.4) is 0 Å². The Morgan fingerprint density at radius 1 is 1.39 bits per heavy atom. The van der Waals surface area contributed by atoms with Crippen LogP contribution in [0.5, 0.6) is 0 Å². The number of carbonyl (C=O) groups excluding carboxylic acids is 1. The summed E-state index contributed by atoms with van der Waals surface area (Å²) >= 11 is 0. The van der Waals surface area contributed by atoms with Crippen molar-refractivity contribution in [2.45, 2.75) is 18.4 Å². The molecule has 3 N–H and O–H groups in total. The summed E-state index contributed by atoms with van der Waals surface area (Å²) in [5, 5.41) is 10.1. The van der Waals surface area contributed by atoms with E-state index in [1.54, 1.807) is 0 Å². The van der Waals surface area contributed by atoms with Crippen LogP contribution in [0.2, 0.25) is 0 Å². The van der Waals surface area contributed by atoms with Crippen molar-refractivity contribution in [2.24, 2.45) is 5.92 Å². The second kappa shape index (κ2) is 3.55. The number of aromatic amines is 2. The fourth-order valence-electron chi connectivity index (χ4n) is 2.38. The number of amides is 1. The van der Waals surface area contributed by atoms with Gasteiger partial charge in [0.25, 0.3) is 11.5 Å². The van der Waals surface area contributed by atoms with Gasteiger partial charge in [-0.2, -0.15) is 0 Å². The average Bonchev–Trinajstić information content (AvgIpc) is 3.08. The highest BCUT2D eigenvalue weighted by Crippen LogP contribution is 2.44. The van der Waals surface area contributed by atoms with Crippen LogP contribution in [0.4, 0.5) is 0 Å². The molecule has 2 aliphatic rings. The van der Waals surface area contributed by atoms with E-state index in [1.165, 1.54) is 4.90 Å². The van der Waals surface area contributed by atoms with E-state index in [0.29, 0.717) is 0 Å². The molecule has 0 radical (unpaired) electrons. The lowest BCUT2D eigenvalue weighted by molar-refractivity contribution is -0.0958. The van der Waals surface area contributed by atoms with Crippen LogP contribution in [0.1, 0.15) is 23.2 Å². The van der Waals surface area contributed by atoms with Gasteiger partial charge in [0, 0.05) is 6.20 Å². The molecule has 1 aliphatic heterocycles. The van der Waals surface area contributed by atoms with Gasteiger partial charge in [0.2, 0.25) is 0 Å². The standard InChI is InChI=1S/C11H13N3O4/c15-8-7(3-12-10(17)13-8)9(16)14-4-11(18,5-14)6-1-2-6/h3,6,18H,1-2,4-5H2,(H2,12,13,15,17). The van der Waals surface area contributed by atoms with E-state index in [-0.39, 0.29) is 24.6 Å². The third-order valence-corrected chi connectivity index (χ3v) is 3.60. The minimum atomic E-state index is -0.773. The summed E-state index contributed by atoms with van der Waals surface area (Å²) in [7, 11) is 0. The molecule has 3 rings (SSSR count). The van der Waals surface area contributed by atoms with Crippen molar-refractivity contribution in [2.75, 3.05) is 13.1 Å². The number of nitrogens with one attached hydrogen (secondary N) is 2. The number of likely N-dealkylation sites (tertiary alicyclic amines) is 1. The summed E-state index contributed by atoms with van der Waals surface area (Å²) in [5.41, 5.74) is -2.22. The Morgan fingerprint density at radius 3 is 2.61 bits per heavy atom. The second-order valence-corrected chi connectivity index (χ2v) is 5.02. The highest BCUT2D eigenvalue weighted by Gasteiger charge is 2.53. The first-order valence-electron chi connectivity index (χ1n) is 5.83. The summed E-state index contributed by atoms with van der Waals surface area (Å²) in [4.78, 5) is 39.9. The number of hydrogen-bond donors (Lipinski definition) is 3. The molecular formula is C11H13N3O4. The zero-order chi connectivity index (χ0) is 12.9. The molecule has 1 amide bonds. The summed E-state index contributed by atoms with van der Waals surface area (Å²) in [6, 6.07) is 0. The van der Waals surface area contributed by atoms with Crippen molar-refractivity contribution in [3.05, 3.63) is 32.6 Å². The molecule has 96 valence electrons. The summed E-state index contributed by atoms with van der Waals surface area (Å²) < 4.78 is 0. The van der Waals surface area contributed by atoms with E-state index in [2.05, 4.69) is 4.98 Å². The van der Waals surface area contributed by atoms with Gasteiger partial charge in [-0.3, -0.25) is 14.6 Å². The molecule has 2 fully saturated rings. The van der Waals surface area contributed by atoms with Crippen LogP contribution in [0, 0.1) is 5.92 Å². The first kappa shape index (κ1) is 11.2. The van der Waals surface area contributed by atoms with E-state index >= 15 is 0 Å². The molecule has 1 aromatic rings. The van der Waals surface area contributed by atoms with Crippen LogP contribution in [0.15, 0.2) is 15.8 Å². The largest absolute Gasteiger partial charge is 0.386 e. The normalized spacial score (nSPS) is 21.5. The van der Waals surface area contributed by atoms with Gasteiger partial charge in [-0.25, -0.2) is 4.79 Å². The van der Waals surface area contributed by atoms with E-state index in [1.807, 2.05) is 4.98 Å². The summed E-state index contributed by atoms with van der Waals surface area (Å²) in [5.74, 6) is -0.173. The van der Waals surface area contributed by atoms with Crippen LogP contribution in [0.25, 0.3) is 0 Å². The van der Waals surface area contributed by atoms with Crippen LogP contribution < -0.4 is 11.2 Å². The Kier molecular flexibility index (Phi) is 2.21. The monoisotopic (exact) mass is 251 g/mol. The quantitative estimate of drug-likeness (QED) is 0.604. The average molecular weight is 251 g/mol. The fraction of sp³-hybridized carbons (Fsp3) is 0.545. The Labute approximate surface area is 101 Å². The SMILES string of the molecule is O=C(c1c[nH]c(=O)[nH]c1=O)N1CC(O)(C2CC2)C1. The number of carbonyl (C=O) groups is 1. The minimum Gasteiger partial charge on any atom is -0.386 e. The summed E-state index contributed by atoms with van der Waals surface area (Å²) in [6.45, 7) is 0.518. The lowest BCUT2D eigenvalue weighted by Gasteiger charge is -2.46. The van der Waals surface area contributed by atoms with Crippen molar-refractivity contribution in [1.82, 2.24) is 14.9 Å². The van der Waals surface area contributed by atoms with Gasteiger partial charge in [0.05, 0.1) is 13.1 Å². The lowest BCUT2D eigenvalue weighted by atomic mass is 9.88. The molecular weight excluding hydrogens is 238 g/mol. The van der Waals surface area contributed by atoms with Crippen molar-refractivity contribution in [1.29, 1.82) is 0 Å². The molecule has 0 spiro atoms. The Morgan fingerprint density at radius 2 is 2.06 bits per heavy atom. The molecule has 0 aromatic carbocycles. The van der Waals surface area contributed by atoms with Crippen molar-refractivity contribution in [3.8, 4) is 0 Å². The Balaban J connectivity index is 1.76. The van der Waals surface area contributed by atoms with Crippen LogP contribution >= 0.6 is 0 Å². The first-order chi connectivity index (χ1) is 8.49. The third-order valence-electron chi connectivity index (χ3n) is 3.60. The molecule has 0 bridgehead atoms. The summed E-state index contributed by atoms with van der Waals surface area (Å²) in [6.07, 6.45) is 3.10. The van der Waals surface area contributed by atoms with Gasteiger partial charge in [-0.1, -0.05) is 0 Å². The molecule has 7 nitrogen and oxygen atoms in total. The van der Waals surface area contributed by atoms with Crippen LogP contribution in [-0.4, -0.2) is 44.6 Å². The van der Waals surface area contributed by atoms with Gasteiger partial charge in [0.1, 0.15) is 11.2 Å². The molecule has 1 aliphatic carbocycles. The molecule has 1 saturated heterocycles. The maximum absolute atomic E-state index is 12.0. The van der Waals surface area contributed by atoms with Gasteiger partial charge < -0.3 is 15.0 Å². The molecule has 0 atom stereocenters. The number of nitrogens with zero attached hydrogens (tertiary/aromatic N) is 1. The van der Waals surface area contributed by atoms with Gasteiger partial charge in [-0.15, -0.1) is 0 Å². The van der Waals surface area contributed by atoms with Crippen molar-refractivity contribution >= 4 is 5.91 Å². The lowest BCUT2D eigenvalue weighted by Crippen LogP contribution is -2.65. The van der Waals surface area contributed by atoms with Gasteiger partial charge in [0.15, 0.2) is 0 Å². The maximum Gasteiger partial charge on any atom is 0.325 e. The second-order valence-electron chi connectivity index (χ2n) is 5.02. The molecule has 2 heterocycles. The maximum atomic E-state index is 12.0. The van der Waals surface area contributed by atoms with Crippen molar-refractivity contribution in [3.63, 3.8) is 0 Å². The van der Waals surface area contributed by atoms with E-state index in [9.17, 15) is 19.5 Å². The van der Waals surface area contributed by atoms with Crippen molar-refractivity contribution < 1.29 is 9.90 Å². The number of H-pyrrole nitrogens is 2. The highest BCUT2D eigenvalue weighted by atomic mass is 16.3. The van der Waals surface area contributed by atoms with Gasteiger partial charge in [-0.05, 0) is 18.8 Å². The van der Waals surface area contributed by atoms with E-state index in [4.69, 9.17) is 0 Å². The first-order valence-corrected chi connectivity index (χ1v) is 5.83. The Hall–Kier alpha value is -1.89. The number of β-amino-alcohol motifs (C(OH)–C–C–N with tert-alkyl or cyclic N) is 1. The predicted molar refractivity (Wildman–Crippen MR) is 61.3 cm³/mol. The number of aromatic nitrogens is 2. The molecule has 7 heteroatoms. The fourth-order valence-corrected chi connectivity index (χ4v) is 2.38. The Bertz CT molecular complexity index is 607. The van der Waals surface area contributed by atoms with E-state index in [0.717, 1.165) is 19.0 Å².